The number of carbonyl (C=O) groups is 1. The predicted octanol–water partition coefficient (Wildman–Crippen LogP) is 6.25. The van der Waals surface area contributed by atoms with Crippen molar-refractivity contribution in [3.63, 3.8) is 0 Å². The summed E-state index contributed by atoms with van der Waals surface area (Å²) in [6.45, 7) is 0. The standard InChI is InChI=1S/C25H34O2/c26-25(19-7-2-1-3-8-19)27-21-14-15-23-20(16-21)13-12-18-11-10-17-6-4-5-9-22(17)24(18)23/h1-3,7-8,17-18,20-24H,4-6,9-16H2. The Balaban J connectivity index is 1.25. The normalized spacial score (nSPS) is 41.0. The minimum absolute atomic E-state index is 0.127. The Labute approximate surface area is 164 Å². The quantitative estimate of drug-likeness (QED) is 0.578. The van der Waals surface area contributed by atoms with Gasteiger partial charge in [-0.15, -0.1) is 0 Å². The van der Waals surface area contributed by atoms with Gasteiger partial charge in [0.05, 0.1) is 5.56 Å². The van der Waals surface area contributed by atoms with Crippen molar-refractivity contribution in [1.82, 2.24) is 0 Å². The molecule has 0 aromatic heterocycles. The number of hydrogen-bond donors (Lipinski definition) is 0. The highest BCUT2D eigenvalue weighted by molar-refractivity contribution is 5.89. The van der Waals surface area contributed by atoms with Crippen LogP contribution in [-0.4, -0.2) is 12.1 Å². The van der Waals surface area contributed by atoms with Crippen LogP contribution in [0, 0.1) is 35.5 Å². The summed E-state index contributed by atoms with van der Waals surface area (Å²) in [5.74, 6) is 5.65. The van der Waals surface area contributed by atoms with Gasteiger partial charge in [-0.05, 0) is 99.0 Å². The number of hydrogen-bond acceptors (Lipinski definition) is 2. The van der Waals surface area contributed by atoms with E-state index in [2.05, 4.69) is 0 Å². The maximum atomic E-state index is 12.5. The van der Waals surface area contributed by atoms with E-state index in [0.717, 1.165) is 48.3 Å². The number of ether oxygens (including phenoxy) is 1. The molecule has 1 aromatic carbocycles. The fourth-order valence-corrected chi connectivity index (χ4v) is 7.49. The van der Waals surface area contributed by atoms with Gasteiger partial charge in [0.1, 0.15) is 6.10 Å². The third kappa shape index (κ3) is 3.45. The summed E-state index contributed by atoms with van der Waals surface area (Å²) in [4.78, 5) is 12.5. The topological polar surface area (TPSA) is 26.3 Å². The molecule has 1 aromatic rings. The molecule has 4 fully saturated rings. The molecular weight excluding hydrogens is 332 g/mol. The van der Waals surface area contributed by atoms with Crippen LogP contribution in [0.15, 0.2) is 30.3 Å². The molecular formula is C25H34O2. The molecule has 0 radical (unpaired) electrons. The van der Waals surface area contributed by atoms with Crippen molar-refractivity contribution >= 4 is 5.97 Å². The van der Waals surface area contributed by atoms with E-state index in [1.807, 2.05) is 30.3 Å². The van der Waals surface area contributed by atoms with E-state index in [-0.39, 0.29) is 12.1 Å². The highest BCUT2D eigenvalue weighted by atomic mass is 16.5. The molecule has 146 valence electrons. The molecule has 0 N–H and O–H groups in total. The van der Waals surface area contributed by atoms with Gasteiger partial charge in [-0.3, -0.25) is 0 Å². The third-order valence-corrected chi connectivity index (χ3v) is 8.59. The van der Waals surface area contributed by atoms with Crippen LogP contribution in [0.3, 0.4) is 0 Å². The Bertz CT molecular complexity index is 654. The molecule has 5 rings (SSSR count). The lowest BCUT2D eigenvalue weighted by atomic mass is 9.50. The maximum absolute atomic E-state index is 12.5. The lowest BCUT2D eigenvalue weighted by molar-refractivity contribution is -0.0739. The van der Waals surface area contributed by atoms with Crippen LogP contribution in [0.1, 0.15) is 81.0 Å². The summed E-state index contributed by atoms with van der Waals surface area (Å²) < 4.78 is 5.93. The predicted molar refractivity (Wildman–Crippen MR) is 107 cm³/mol. The second-order valence-electron chi connectivity index (χ2n) is 9.83. The van der Waals surface area contributed by atoms with Crippen LogP contribution >= 0.6 is 0 Å². The van der Waals surface area contributed by atoms with E-state index in [4.69, 9.17) is 4.74 Å². The number of fused-ring (bicyclic) bond motifs is 5. The van der Waals surface area contributed by atoms with E-state index in [1.165, 1.54) is 57.8 Å². The second kappa shape index (κ2) is 7.60. The number of esters is 1. The van der Waals surface area contributed by atoms with Crippen molar-refractivity contribution in [2.24, 2.45) is 35.5 Å². The lowest BCUT2D eigenvalue weighted by Crippen LogP contribution is -2.48. The smallest absolute Gasteiger partial charge is 0.338 e. The van der Waals surface area contributed by atoms with Crippen LogP contribution < -0.4 is 0 Å². The van der Waals surface area contributed by atoms with Crippen LogP contribution in [0.25, 0.3) is 0 Å². The van der Waals surface area contributed by atoms with Gasteiger partial charge in [0.25, 0.3) is 0 Å². The largest absolute Gasteiger partial charge is 0.459 e. The first kappa shape index (κ1) is 17.8. The van der Waals surface area contributed by atoms with Crippen molar-refractivity contribution in [3.8, 4) is 0 Å². The van der Waals surface area contributed by atoms with Gasteiger partial charge < -0.3 is 4.74 Å². The SMILES string of the molecule is O=C(OC1CCC2C(CCC3CCC4CCCCC4C32)C1)c1ccccc1. The first-order valence-corrected chi connectivity index (χ1v) is 11.6. The highest BCUT2D eigenvalue weighted by Gasteiger charge is 2.49. The van der Waals surface area contributed by atoms with Gasteiger partial charge in [0.2, 0.25) is 0 Å². The van der Waals surface area contributed by atoms with Gasteiger partial charge in [0.15, 0.2) is 0 Å². The van der Waals surface area contributed by atoms with E-state index >= 15 is 0 Å². The van der Waals surface area contributed by atoms with Gasteiger partial charge in [-0.2, -0.15) is 0 Å². The number of benzene rings is 1. The molecule has 0 spiro atoms. The first-order valence-electron chi connectivity index (χ1n) is 11.6. The molecule has 0 heterocycles. The Morgan fingerprint density at radius 3 is 2.30 bits per heavy atom. The summed E-state index contributed by atoms with van der Waals surface area (Å²) in [6.07, 6.45) is 15.4. The molecule has 4 aliphatic carbocycles. The molecule has 0 bridgehead atoms. The fraction of sp³-hybridized carbons (Fsp3) is 0.720. The Hall–Kier alpha value is -1.31. The molecule has 7 atom stereocenters. The summed E-state index contributed by atoms with van der Waals surface area (Å²) in [6, 6.07) is 9.51. The molecule has 7 unspecified atom stereocenters. The van der Waals surface area contributed by atoms with Crippen LogP contribution in [0.5, 0.6) is 0 Å². The van der Waals surface area contributed by atoms with Crippen LogP contribution in [0.2, 0.25) is 0 Å². The van der Waals surface area contributed by atoms with E-state index < -0.39 is 0 Å². The summed E-state index contributed by atoms with van der Waals surface area (Å²) in [7, 11) is 0. The number of rotatable bonds is 2. The third-order valence-electron chi connectivity index (χ3n) is 8.59. The fourth-order valence-electron chi connectivity index (χ4n) is 7.49. The van der Waals surface area contributed by atoms with Crippen molar-refractivity contribution in [2.75, 3.05) is 0 Å². The molecule has 4 aliphatic rings. The van der Waals surface area contributed by atoms with Gasteiger partial charge in [-0.25, -0.2) is 4.79 Å². The van der Waals surface area contributed by atoms with Crippen LogP contribution in [-0.2, 0) is 4.74 Å². The zero-order chi connectivity index (χ0) is 18.2. The Morgan fingerprint density at radius 2 is 1.44 bits per heavy atom. The van der Waals surface area contributed by atoms with Gasteiger partial charge in [-0.1, -0.05) is 37.5 Å². The van der Waals surface area contributed by atoms with E-state index in [9.17, 15) is 4.79 Å². The second-order valence-corrected chi connectivity index (χ2v) is 9.83. The van der Waals surface area contributed by atoms with Crippen molar-refractivity contribution in [2.45, 2.75) is 76.7 Å². The Kier molecular flexibility index (Phi) is 5.00. The average Bonchev–Trinajstić information content (AvgIpc) is 2.73. The highest BCUT2D eigenvalue weighted by Crippen LogP contribution is 2.57. The minimum Gasteiger partial charge on any atom is -0.459 e. The number of carbonyl (C=O) groups excluding carboxylic acids is 1. The molecule has 4 saturated carbocycles. The molecule has 27 heavy (non-hydrogen) atoms. The van der Waals surface area contributed by atoms with Crippen molar-refractivity contribution in [1.29, 1.82) is 0 Å². The van der Waals surface area contributed by atoms with Crippen molar-refractivity contribution < 1.29 is 9.53 Å². The molecule has 2 nitrogen and oxygen atoms in total. The molecule has 0 aliphatic heterocycles. The molecule has 0 amide bonds. The minimum atomic E-state index is -0.127. The van der Waals surface area contributed by atoms with E-state index in [0.29, 0.717) is 5.56 Å². The maximum Gasteiger partial charge on any atom is 0.338 e. The zero-order valence-electron chi connectivity index (χ0n) is 16.5. The lowest BCUT2D eigenvalue weighted by Gasteiger charge is -2.55. The zero-order valence-corrected chi connectivity index (χ0v) is 16.5. The van der Waals surface area contributed by atoms with E-state index in [1.54, 1.807) is 0 Å². The van der Waals surface area contributed by atoms with Crippen LogP contribution in [0.4, 0.5) is 0 Å². The summed E-state index contributed by atoms with van der Waals surface area (Å²) in [5.41, 5.74) is 0.695. The first-order chi connectivity index (χ1) is 13.3. The average molecular weight is 367 g/mol. The van der Waals surface area contributed by atoms with Crippen molar-refractivity contribution in [3.05, 3.63) is 35.9 Å². The summed E-state index contributed by atoms with van der Waals surface area (Å²) >= 11 is 0. The molecule has 2 heteroatoms. The monoisotopic (exact) mass is 366 g/mol. The molecule has 0 saturated heterocycles. The van der Waals surface area contributed by atoms with Gasteiger partial charge >= 0.3 is 5.97 Å². The summed E-state index contributed by atoms with van der Waals surface area (Å²) in [5, 5.41) is 0. The van der Waals surface area contributed by atoms with Gasteiger partial charge in [0, 0.05) is 0 Å². The Morgan fingerprint density at radius 1 is 0.741 bits per heavy atom.